The molecule has 1 aromatic heterocycles. The summed E-state index contributed by atoms with van der Waals surface area (Å²) in [6, 6.07) is 15.9. The molecule has 5 heteroatoms. The molecule has 3 rings (SSSR count). The Morgan fingerprint density at radius 1 is 1.14 bits per heavy atom. The van der Waals surface area contributed by atoms with Gasteiger partial charge in [0.05, 0.1) is 25.0 Å². The molecule has 1 atom stereocenters. The number of methoxy groups -OCH3 is 1. The maximum absolute atomic E-state index is 5.55. The molecule has 0 spiro atoms. The van der Waals surface area contributed by atoms with Gasteiger partial charge in [0.2, 0.25) is 6.29 Å². The van der Waals surface area contributed by atoms with Gasteiger partial charge in [0, 0.05) is 13.7 Å². The van der Waals surface area contributed by atoms with Gasteiger partial charge in [-0.15, -0.1) is 0 Å². The van der Waals surface area contributed by atoms with E-state index in [-0.39, 0.29) is 12.4 Å². The summed E-state index contributed by atoms with van der Waals surface area (Å²) in [5.74, 6) is 0.787. The quantitative estimate of drug-likeness (QED) is 0.889. The van der Waals surface area contributed by atoms with Gasteiger partial charge in [-0.05, 0) is 17.7 Å². The summed E-state index contributed by atoms with van der Waals surface area (Å²) in [5.41, 5.74) is 1.92. The molecule has 0 amide bonds. The molecule has 0 radical (unpaired) electrons. The van der Waals surface area contributed by atoms with Crippen LogP contribution in [0.1, 0.15) is 23.7 Å². The van der Waals surface area contributed by atoms with Crippen LogP contribution in [0.5, 0.6) is 0 Å². The molecule has 1 N–H and O–H groups in total. The first-order valence-electron chi connectivity index (χ1n) is 7.38. The first-order valence-corrected chi connectivity index (χ1v) is 7.38. The fraction of sp³-hybridized carbons (Fsp3) is 0.353. The molecule has 1 unspecified atom stereocenters. The van der Waals surface area contributed by atoms with Gasteiger partial charge in [0.25, 0.3) is 0 Å². The normalized spacial score (nSPS) is 16.6. The van der Waals surface area contributed by atoms with Crippen LogP contribution in [0, 0.1) is 0 Å². The third kappa shape index (κ3) is 3.62. The lowest BCUT2D eigenvalue weighted by atomic mass is 10.1. The van der Waals surface area contributed by atoms with Gasteiger partial charge in [-0.1, -0.05) is 36.4 Å². The average molecular weight is 300 g/mol. The van der Waals surface area contributed by atoms with Gasteiger partial charge < -0.3 is 19.5 Å². The zero-order valence-electron chi connectivity index (χ0n) is 12.6. The van der Waals surface area contributed by atoms with Crippen molar-refractivity contribution < 1.29 is 14.2 Å². The lowest BCUT2D eigenvalue weighted by molar-refractivity contribution is -0.0471. The second kappa shape index (κ2) is 7.35. The van der Waals surface area contributed by atoms with Crippen molar-refractivity contribution in [2.24, 2.45) is 0 Å². The van der Waals surface area contributed by atoms with Crippen molar-refractivity contribution in [3.05, 3.63) is 59.8 Å². The Balaban J connectivity index is 1.64. The maximum atomic E-state index is 5.55. The number of ether oxygens (including phenoxy) is 3. The standard InChI is InChI=1S/C17H20N2O3/c1-20-15(13-6-3-2-4-7-13)12-18-16-9-5-8-14(19-16)17-21-10-11-22-17/h2-9,15,17H,10-12H2,1H3,(H,18,19). The van der Waals surface area contributed by atoms with E-state index in [1.807, 2.05) is 36.4 Å². The average Bonchev–Trinajstić information content (AvgIpc) is 3.11. The molecule has 1 aliphatic heterocycles. The minimum Gasteiger partial charge on any atom is -0.375 e. The number of benzene rings is 1. The topological polar surface area (TPSA) is 52.6 Å². The molecular weight excluding hydrogens is 280 g/mol. The fourth-order valence-corrected chi connectivity index (χ4v) is 2.41. The number of anilines is 1. The Hall–Kier alpha value is -1.95. The Labute approximate surface area is 130 Å². The largest absolute Gasteiger partial charge is 0.375 e. The van der Waals surface area contributed by atoms with E-state index < -0.39 is 0 Å². The van der Waals surface area contributed by atoms with Gasteiger partial charge in [-0.25, -0.2) is 4.98 Å². The van der Waals surface area contributed by atoms with Crippen molar-refractivity contribution in [2.45, 2.75) is 12.4 Å². The first-order chi connectivity index (χ1) is 10.9. The van der Waals surface area contributed by atoms with Crippen LogP contribution in [-0.4, -0.2) is 31.9 Å². The maximum Gasteiger partial charge on any atom is 0.201 e. The predicted molar refractivity (Wildman–Crippen MR) is 83.6 cm³/mol. The third-order valence-electron chi connectivity index (χ3n) is 3.56. The van der Waals surface area contributed by atoms with Crippen LogP contribution >= 0.6 is 0 Å². The van der Waals surface area contributed by atoms with Gasteiger partial charge in [-0.2, -0.15) is 0 Å². The van der Waals surface area contributed by atoms with E-state index in [9.17, 15) is 0 Å². The molecule has 5 nitrogen and oxygen atoms in total. The van der Waals surface area contributed by atoms with Crippen LogP contribution in [0.25, 0.3) is 0 Å². The van der Waals surface area contributed by atoms with Crippen LogP contribution in [0.2, 0.25) is 0 Å². The van der Waals surface area contributed by atoms with E-state index in [1.54, 1.807) is 7.11 Å². The summed E-state index contributed by atoms with van der Waals surface area (Å²) in [6.07, 6.45) is -0.375. The summed E-state index contributed by atoms with van der Waals surface area (Å²) < 4.78 is 16.5. The van der Waals surface area contributed by atoms with Crippen molar-refractivity contribution in [1.29, 1.82) is 0 Å². The molecule has 1 aliphatic rings. The molecule has 0 bridgehead atoms. The number of nitrogens with zero attached hydrogens (tertiary/aromatic N) is 1. The number of pyridine rings is 1. The molecule has 1 fully saturated rings. The molecule has 1 aromatic carbocycles. The summed E-state index contributed by atoms with van der Waals surface area (Å²) in [5, 5.41) is 3.31. The molecule has 2 heterocycles. The minimum absolute atomic E-state index is 0.0226. The molecular formula is C17H20N2O3. The highest BCUT2D eigenvalue weighted by atomic mass is 16.7. The number of hydrogen-bond acceptors (Lipinski definition) is 5. The van der Waals surface area contributed by atoms with Crippen LogP contribution < -0.4 is 5.32 Å². The van der Waals surface area contributed by atoms with Crippen LogP contribution in [0.15, 0.2) is 48.5 Å². The van der Waals surface area contributed by atoms with Crippen molar-refractivity contribution in [1.82, 2.24) is 4.98 Å². The van der Waals surface area contributed by atoms with Crippen molar-refractivity contribution in [2.75, 3.05) is 32.2 Å². The molecule has 116 valence electrons. The van der Waals surface area contributed by atoms with E-state index in [0.29, 0.717) is 19.8 Å². The molecule has 0 aliphatic carbocycles. The third-order valence-corrected chi connectivity index (χ3v) is 3.56. The zero-order chi connectivity index (χ0) is 15.2. The van der Waals surface area contributed by atoms with E-state index in [0.717, 1.165) is 17.1 Å². The minimum atomic E-state index is -0.353. The lowest BCUT2D eigenvalue weighted by Gasteiger charge is -2.17. The van der Waals surface area contributed by atoms with Crippen molar-refractivity contribution in [3.63, 3.8) is 0 Å². The zero-order valence-corrected chi connectivity index (χ0v) is 12.6. The van der Waals surface area contributed by atoms with Crippen LogP contribution in [-0.2, 0) is 14.2 Å². The predicted octanol–water partition coefficient (Wildman–Crippen LogP) is 2.93. The van der Waals surface area contributed by atoms with Crippen molar-refractivity contribution in [3.8, 4) is 0 Å². The number of rotatable bonds is 6. The summed E-state index contributed by atoms with van der Waals surface area (Å²) >= 11 is 0. The van der Waals surface area contributed by atoms with Crippen LogP contribution in [0.3, 0.4) is 0 Å². The van der Waals surface area contributed by atoms with Crippen LogP contribution in [0.4, 0.5) is 5.82 Å². The Kier molecular flexibility index (Phi) is 5.00. The summed E-state index contributed by atoms with van der Waals surface area (Å²) in [7, 11) is 1.71. The summed E-state index contributed by atoms with van der Waals surface area (Å²) in [6.45, 7) is 1.87. The number of hydrogen-bond donors (Lipinski definition) is 1. The summed E-state index contributed by atoms with van der Waals surface area (Å²) in [4.78, 5) is 4.54. The molecule has 1 saturated heterocycles. The number of nitrogens with one attached hydrogen (secondary N) is 1. The Morgan fingerprint density at radius 2 is 1.91 bits per heavy atom. The SMILES string of the molecule is COC(CNc1cccc(C2OCCO2)n1)c1ccccc1. The monoisotopic (exact) mass is 300 g/mol. The lowest BCUT2D eigenvalue weighted by Crippen LogP contribution is -2.15. The van der Waals surface area contributed by atoms with E-state index in [2.05, 4.69) is 22.4 Å². The van der Waals surface area contributed by atoms with Gasteiger partial charge in [-0.3, -0.25) is 0 Å². The van der Waals surface area contributed by atoms with Gasteiger partial charge >= 0.3 is 0 Å². The van der Waals surface area contributed by atoms with E-state index >= 15 is 0 Å². The second-order valence-electron chi connectivity index (χ2n) is 5.04. The van der Waals surface area contributed by atoms with Gasteiger partial charge in [0.1, 0.15) is 5.82 Å². The highest BCUT2D eigenvalue weighted by molar-refractivity contribution is 5.36. The molecule has 0 saturated carbocycles. The fourth-order valence-electron chi connectivity index (χ4n) is 2.41. The number of aromatic nitrogens is 1. The van der Waals surface area contributed by atoms with Gasteiger partial charge in [0.15, 0.2) is 0 Å². The Bertz CT molecular complexity index is 585. The first kappa shape index (κ1) is 15.0. The van der Waals surface area contributed by atoms with Crippen molar-refractivity contribution >= 4 is 5.82 Å². The smallest absolute Gasteiger partial charge is 0.201 e. The molecule has 2 aromatic rings. The molecule has 22 heavy (non-hydrogen) atoms. The highest BCUT2D eigenvalue weighted by Crippen LogP contribution is 2.23. The van der Waals surface area contributed by atoms with E-state index in [4.69, 9.17) is 14.2 Å². The van der Waals surface area contributed by atoms with E-state index in [1.165, 1.54) is 0 Å². The second-order valence-corrected chi connectivity index (χ2v) is 5.04. The Morgan fingerprint density at radius 3 is 2.64 bits per heavy atom. The highest BCUT2D eigenvalue weighted by Gasteiger charge is 2.19.